The fourth-order valence-corrected chi connectivity index (χ4v) is 4.09. The van der Waals surface area contributed by atoms with E-state index in [1.54, 1.807) is 23.9 Å². The summed E-state index contributed by atoms with van der Waals surface area (Å²) in [6.07, 6.45) is 2.11. The first kappa shape index (κ1) is 22.9. The van der Waals surface area contributed by atoms with Crippen LogP contribution >= 0.6 is 11.8 Å². The predicted molar refractivity (Wildman–Crippen MR) is 128 cm³/mol. The third-order valence-corrected chi connectivity index (χ3v) is 5.85. The van der Waals surface area contributed by atoms with E-state index < -0.39 is 11.9 Å². The van der Waals surface area contributed by atoms with E-state index in [0.717, 1.165) is 0 Å². The number of fused-ring (bicyclic) bond motifs is 1. The second kappa shape index (κ2) is 10.0. The lowest BCUT2D eigenvalue weighted by atomic mass is 9.92. The van der Waals surface area contributed by atoms with Gasteiger partial charge in [-0.25, -0.2) is 9.59 Å². The van der Waals surface area contributed by atoms with Gasteiger partial charge >= 0.3 is 11.9 Å². The van der Waals surface area contributed by atoms with Crippen molar-refractivity contribution in [2.45, 2.75) is 11.8 Å². The molecule has 0 saturated carbocycles. The summed E-state index contributed by atoms with van der Waals surface area (Å²) in [5.41, 5.74) is 1.14. The maximum atomic E-state index is 11.4. The number of carboxylic acids is 2. The molecule has 0 aliphatic carbocycles. The molecule has 0 bridgehead atoms. The quantitative estimate of drug-likeness (QED) is 0.317. The number of benzene rings is 4. The molecule has 0 aromatic heterocycles. The number of rotatable bonds is 4. The van der Waals surface area contributed by atoms with Crippen molar-refractivity contribution in [2.24, 2.45) is 0 Å². The summed E-state index contributed by atoms with van der Waals surface area (Å²) in [4.78, 5) is 23.8. The summed E-state index contributed by atoms with van der Waals surface area (Å²) in [5, 5.41) is 30.3. The van der Waals surface area contributed by atoms with Crippen LogP contribution in [-0.2, 0) is 0 Å². The zero-order chi connectivity index (χ0) is 23.3. The Morgan fingerprint density at radius 2 is 1.44 bits per heavy atom. The Morgan fingerprint density at radius 3 is 2.06 bits per heavy atom. The second-order valence-electron chi connectivity index (χ2n) is 7.00. The maximum absolute atomic E-state index is 11.4. The standard InChI is InChI=1S/C15H12O5.C11H10S/c1-8-11(14(17)18)6-7-12(13(8)15(19)20)9-2-4-10(16)5-3-9;1-12-11-8-4-6-9-5-2-3-7-10(9)11/h2-7,16H,1H3,(H,17,18)(H,19,20);2-8H,1H3. The van der Waals surface area contributed by atoms with Gasteiger partial charge in [0.1, 0.15) is 5.75 Å². The molecule has 3 N–H and O–H groups in total. The first-order valence-corrected chi connectivity index (χ1v) is 11.0. The van der Waals surface area contributed by atoms with Gasteiger partial charge in [-0.3, -0.25) is 0 Å². The van der Waals surface area contributed by atoms with Crippen molar-refractivity contribution in [1.29, 1.82) is 0 Å². The largest absolute Gasteiger partial charge is 0.508 e. The minimum Gasteiger partial charge on any atom is -0.508 e. The third-order valence-electron chi connectivity index (χ3n) is 5.06. The molecule has 0 radical (unpaired) electrons. The highest BCUT2D eigenvalue weighted by Crippen LogP contribution is 2.29. The number of carboxylic acid groups (broad SMARTS) is 2. The molecule has 0 heterocycles. The van der Waals surface area contributed by atoms with Crippen molar-refractivity contribution >= 4 is 34.5 Å². The molecular formula is C26H22O5S. The molecule has 0 aliphatic heterocycles. The molecule has 0 unspecified atom stereocenters. The molecule has 4 aromatic rings. The number of phenols is 1. The van der Waals surface area contributed by atoms with Crippen LogP contribution in [0.3, 0.4) is 0 Å². The Hall–Kier alpha value is -3.77. The Bertz CT molecular complexity index is 1270. The molecule has 162 valence electrons. The summed E-state index contributed by atoms with van der Waals surface area (Å²) in [5.74, 6) is -2.28. The Kier molecular flexibility index (Phi) is 7.18. The van der Waals surface area contributed by atoms with Crippen LogP contribution in [0.5, 0.6) is 5.75 Å². The summed E-state index contributed by atoms with van der Waals surface area (Å²) in [6, 6.07) is 23.8. The lowest BCUT2D eigenvalue weighted by molar-refractivity contribution is 0.0696. The average Bonchev–Trinajstić information content (AvgIpc) is 2.79. The van der Waals surface area contributed by atoms with Crippen LogP contribution in [0, 0.1) is 6.92 Å². The summed E-state index contributed by atoms with van der Waals surface area (Å²) < 4.78 is 0. The van der Waals surface area contributed by atoms with Crippen LogP contribution in [0.25, 0.3) is 21.9 Å². The van der Waals surface area contributed by atoms with Gasteiger partial charge < -0.3 is 15.3 Å². The smallest absolute Gasteiger partial charge is 0.336 e. The molecule has 0 amide bonds. The monoisotopic (exact) mass is 446 g/mol. The van der Waals surface area contributed by atoms with E-state index in [9.17, 15) is 19.8 Å². The van der Waals surface area contributed by atoms with Gasteiger partial charge in [0, 0.05) is 4.90 Å². The van der Waals surface area contributed by atoms with Gasteiger partial charge in [0.15, 0.2) is 0 Å². The number of aromatic hydroxyl groups is 1. The molecule has 0 atom stereocenters. The van der Waals surface area contributed by atoms with Crippen LogP contribution < -0.4 is 0 Å². The van der Waals surface area contributed by atoms with Crippen molar-refractivity contribution in [1.82, 2.24) is 0 Å². The van der Waals surface area contributed by atoms with Crippen molar-refractivity contribution in [3.63, 3.8) is 0 Å². The summed E-state index contributed by atoms with van der Waals surface area (Å²) >= 11 is 1.80. The normalized spacial score (nSPS) is 10.3. The van der Waals surface area contributed by atoms with Gasteiger partial charge in [-0.15, -0.1) is 11.8 Å². The summed E-state index contributed by atoms with van der Waals surface area (Å²) in [7, 11) is 0. The Labute approximate surface area is 190 Å². The molecule has 4 aromatic carbocycles. The van der Waals surface area contributed by atoms with Gasteiger partial charge in [-0.1, -0.05) is 54.6 Å². The van der Waals surface area contributed by atoms with E-state index in [0.29, 0.717) is 11.1 Å². The highest BCUT2D eigenvalue weighted by molar-refractivity contribution is 7.98. The fourth-order valence-electron chi connectivity index (χ4n) is 3.47. The minimum absolute atomic E-state index is 0.0371. The molecule has 0 spiro atoms. The zero-order valence-corrected chi connectivity index (χ0v) is 18.4. The Balaban J connectivity index is 0.000000204. The molecule has 5 nitrogen and oxygen atoms in total. The third kappa shape index (κ3) is 4.92. The van der Waals surface area contributed by atoms with E-state index in [4.69, 9.17) is 5.11 Å². The molecule has 6 heteroatoms. The predicted octanol–water partition coefficient (Wildman–Crippen LogP) is 6.33. The number of aromatic carboxylic acids is 2. The van der Waals surface area contributed by atoms with Gasteiger partial charge in [0.25, 0.3) is 0 Å². The second-order valence-corrected chi connectivity index (χ2v) is 7.85. The van der Waals surface area contributed by atoms with E-state index >= 15 is 0 Å². The van der Waals surface area contributed by atoms with E-state index in [2.05, 4.69) is 48.7 Å². The lowest BCUT2D eigenvalue weighted by Crippen LogP contribution is -2.09. The highest BCUT2D eigenvalue weighted by atomic mass is 32.2. The van der Waals surface area contributed by atoms with Crippen LogP contribution in [-0.4, -0.2) is 33.5 Å². The van der Waals surface area contributed by atoms with Gasteiger partial charge in [-0.2, -0.15) is 0 Å². The van der Waals surface area contributed by atoms with Crippen molar-refractivity contribution in [3.05, 3.63) is 95.6 Å². The minimum atomic E-state index is -1.19. The zero-order valence-electron chi connectivity index (χ0n) is 17.6. The van der Waals surface area contributed by atoms with Crippen molar-refractivity contribution < 1.29 is 24.9 Å². The van der Waals surface area contributed by atoms with Crippen molar-refractivity contribution in [3.8, 4) is 16.9 Å². The first-order chi connectivity index (χ1) is 15.3. The topological polar surface area (TPSA) is 94.8 Å². The fraction of sp³-hybridized carbons (Fsp3) is 0.0769. The summed E-state index contributed by atoms with van der Waals surface area (Å²) in [6.45, 7) is 1.47. The van der Waals surface area contributed by atoms with Gasteiger partial charge in [-0.05, 0) is 64.9 Å². The van der Waals surface area contributed by atoms with E-state index in [1.807, 2.05) is 0 Å². The maximum Gasteiger partial charge on any atom is 0.336 e. The highest BCUT2D eigenvalue weighted by Gasteiger charge is 2.20. The van der Waals surface area contributed by atoms with Crippen LogP contribution in [0.2, 0.25) is 0 Å². The van der Waals surface area contributed by atoms with Crippen LogP contribution in [0.15, 0.2) is 83.8 Å². The number of thioether (sulfide) groups is 1. The average molecular weight is 447 g/mol. The van der Waals surface area contributed by atoms with Crippen molar-refractivity contribution in [2.75, 3.05) is 6.26 Å². The Morgan fingerprint density at radius 1 is 0.781 bits per heavy atom. The van der Waals surface area contributed by atoms with Crippen LogP contribution in [0.4, 0.5) is 0 Å². The van der Waals surface area contributed by atoms with Crippen LogP contribution in [0.1, 0.15) is 26.3 Å². The number of phenolic OH excluding ortho intramolecular Hbond substituents is 1. The number of hydrogen-bond donors (Lipinski definition) is 3. The molecule has 32 heavy (non-hydrogen) atoms. The SMILES string of the molecule is CSc1cccc2ccccc12.Cc1c(C(=O)O)ccc(-c2ccc(O)cc2)c1C(=O)O. The molecule has 0 aliphatic rings. The molecule has 4 rings (SSSR count). The molecular weight excluding hydrogens is 424 g/mol. The van der Waals surface area contributed by atoms with E-state index in [-0.39, 0.29) is 22.4 Å². The number of carbonyl (C=O) groups is 2. The van der Waals surface area contributed by atoms with Gasteiger partial charge in [0.05, 0.1) is 11.1 Å². The first-order valence-electron chi connectivity index (χ1n) is 9.74. The van der Waals surface area contributed by atoms with E-state index in [1.165, 1.54) is 46.9 Å². The molecule has 0 fully saturated rings. The lowest BCUT2D eigenvalue weighted by Gasteiger charge is -2.11. The molecule has 0 saturated heterocycles. The van der Waals surface area contributed by atoms with Gasteiger partial charge in [0.2, 0.25) is 0 Å². The number of hydrogen-bond acceptors (Lipinski definition) is 4.